The van der Waals surface area contributed by atoms with Gasteiger partial charge in [0.15, 0.2) is 5.43 Å². The van der Waals surface area contributed by atoms with E-state index in [1.807, 2.05) is 33.8 Å². The van der Waals surface area contributed by atoms with Gasteiger partial charge in [0.1, 0.15) is 11.0 Å². The maximum absolute atomic E-state index is 12.5. The van der Waals surface area contributed by atoms with Crippen LogP contribution in [0.25, 0.3) is 17.0 Å². The van der Waals surface area contributed by atoms with Gasteiger partial charge in [-0.15, -0.1) is 0 Å². The minimum Gasteiger partial charge on any atom is -0.343 e. The van der Waals surface area contributed by atoms with Crippen LogP contribution in [-0.2, 0) is 0 Å². The second kappa shape index (κ2) is 4.94. The summed E-state index contributed by atoms with van der Waals surface area (Å²) in [5, 5.41) is 2.98. The van der Waals surface area contributed by atoms with Crippen molar-refractivity contribution in [1.29, 1.82) is 0 Å². The van der Waals surface area contributed by atoms with Crippen LogP contribution < -0.4 is 11.0 Å². The van der Waals surface area contributed by atoms with E-state index in [2.05, 4.69) is 20.1 Å². The zero-order valence-corrected chi connectivity index (χ0v) is 12.9. The molecule has 3 heterocycles. The van der Waals surface area contributed by atoms with Gasteiger partial charge in [0.05, 0.1) is 0 Å². The molecule has 0 aliphatic carbocycles. The molecule has 7 nitrogen and oxygen atoms in total. The van der Waals surface area contributed by atoms with Gasteiger partial charge in [-0.05, 0) is 25.8 Å². The molecule has 0 atom stereocenters. The van der Waals surface area contributed by atoms with Crippen LogP contribution in [-0.4, -0.2) is 24.7 Å². The van der Waals surface area contributed by atoms with Gasteiger partial charge in [0.25, 0.3) is 11.5 Å². The van der Waals surface area contributed by atoms with Gasteiger partial charge in [-0.1, -0.05) is 13.8 Å². The molecular formula is C15H17N5O2. The fourth-order valence-electron chi connectivity index (χ4n) is 2.41. The van der Waals surface area contributed by atoms with Crippen molar-refractivity contribution in [3.63, 3.8) is 0 Å². The molecule has 0 bridgehead atoms. The van der Waals surface area contributed by atoms with Gasteiger partial charge in [-0.2, -0.15) is 4.68 Å². The van der Waals surface area contributed by atoms with Gasteiger partial charge in [0, 0.05) is 23.1 Å². The van der Waals surface area contributed by atoms with E-state index in [0.717, 1.165) is 17.1 Å². The Labute approximate surface area is 126 Å². The normalized spacial score (nSPS) is 11.5. The third-order valence-corrected chi connectivity index (χ3v) is 3.49. The first-order chi connectivity index (χ1) is 10.4. The quantitative estimate of drug-likeness (QED) is 0.750. The zero-order chi connectivity index (χ0) is 16.0. The van der Waals surface area contributed by atoms with Crippen molar-refractivity contribution in [3.8, 4) is 5.95 Å². The van der Waals surface area contributed by atoms with E-state index in [1.54, 1.807) is 0 Å². The summed E-state index contributed by atoms with van der Waals surface area (Å²) in [5.74, 6) is 0.388. The van der Waals surface area contributed by atoms with Gasteiger partial charge in [-0.25, -0.2) is 9.97 Å². The standard InChI is InChI=1S/C15H17N5O2/c1-7(2)10-6-11(21)12-13(18-10)19-20(14(12)22)15-16-8(3)5-9(4)17-15/h5-7H,1-4H3,(H2,18,19,21). The van der Waals surface area contributed by atoms with Crippen LogP contribution in [0.5, 0.6) is 0 Å². The smallest absolute Gasteiger partial charge is 0.287 e. The fourth-order valence-corrected chi connectivity index (χ4v) is 2.41. The third kappa shape index (κ3) is 2.24. The number of aryl methyl sites for hydroxylation is 2. The van der Waals surface area contributed by atoms with E-state index in [-0.39, 0.29) is 22.7 Å². The Morgan fingerprint density at radius 1 is 1.09 bits per heavy atom. The van der Waals surface area contributed by atoms with Crippen molar-refractivity contribution in [2.45, 2.75) is 33.6 Å². The molecule has 2 N–H and O–H groups in total. The summed E-state index contributed by atoms with van der Waals surface area (Å²) in [6, 6.07) is 3.29. The molecule has 0 fully saturated rings. The molecule has 0 spiro atoms. The zero-order valence-electron chi connectivity index (χ0n) is 12.9. The van der Waals surface area contributed by atoms with Gasteiger partial charge in [-0.3, -0.25) is 14.7 Å². The van der Waals surface area contributed by atoms with Gasteiger partial charge in [0.2, 0.25) is 0 Å². The highest BCUT2D eigenvalue weighted by molar-refractivity contribution is 5.74. The van der Waals surface area contributed by atoms with Crippen molar-refractivity contribution >= 4 is 11.0 Å². The van der Waals surface area contributed by atoms with Gasteiger partial charge >= 0.3 is 0 Å². The summed E-state index contributed by atoms with van der Waals surface area (Å²) in [6.45, 7) is 7.60. The number of hydrogen-bond donors (Lipinski definition) is 2. The lowest BCUT2D eigenvalue weighted by atomic mass is 10.1. The van der Waals surface area contributed by atoms with Crippen LogP contribution in [0.2, 0.25) is 0 Å². The van der Waals surface area contributed by atoms with E-state index in [9.17, 15) is 9.59 Å². The molecular weight excluding hydrogens is 282 g/mol. The molecule has 0 radical (unpaired) electrons. The predicted octanol–water partition coefficient (Wildman–Crippen LogP) is 1.54. The lowest BCUT2D eigenvalue weighted by molar-refractivity contribution is 0.773. The Hall–Kier alpha value is -2.70. The molecule has 0 amide bonds. The van der Waals surface area contributed by atoms with E-state index in [4.69, 9.17) is 0 Å². The van der Waals surface area contributed by atoms with Crippen molar-refractivity contribution < 1.29 is 0 Å². The molecule has 3 aromatic heterocycles. The number of hydrogen-bond acceptors (Lipinski definition) is 4. The molecule has 0 aliphatic rings. The lowest BCUT2D eigenvalue weighted by Gasteiger charge is -2.04. The Morgan fingerprint density at radius 2 is 1.73 bits per heavy atom. The number of aromatic nitrogens is 5. The number of rotatable bonds is 2. The van der Waals surface area contributed by atoms with Crippen LogP contribution >= 0.6 is 0 Å². The maximum Gasteiger partial charge on any atom is 0.287 e. The molecule has 0 saturated heterocycles. The van der Waals surface area contributed by atoms with Crippen LogP contribution in [0.4, 0.5) is 0 Å². The Kier molecular flexibility index (Phi) is 3.20. The molecule has 0 aliphatic heterocycles. The van der Waals surface area contributed by atoms with Crippen molar-refractivity contribution in [2.24, 2.45) is 0 Å². The first-order valence-electron chi connectivity index (χ1n) is 7.07. The Bertz CT molecular complexity index is 957. The number of nitrogens with zero attached hydrogens (tertiary/aromatic N) is 3. The molecule has 0 saturated carbocycles. The van der Waals surface area contributed by atoms with Crippen LogP contribution in [0.15, 0.2) is 21.7 Å². The summed E-state index contributed by atoms with van der Waals surface area (Å²) in [4.78, 5) is 36.3. The van der Waals surface area contributed by atoms with Crippen molar-refractivity contribution in [1.82, 2.24) is 24.7 Å². The van der Waals surface area contributed by atoms with E-state index in [0.29, 0.717) is 5.65 Å². The molecule has 7 heteroatoms. The average molecular weight is 299 g/mol. The average Bonchev–Trinajstić information content (AvgIpc) is 2.75. The van der Waals surface area contributed by atoms with Crippen LogP contribution in [0.1, 0.15) is 36.8 Å². The fraction of sp³-hybridized carbons (Fsp3) is 0.333. The maximum atomic E-state index is 12.5. The monoisotopic (exact) mass is 299 g/mol. The largest absolute Gasteiger partial charge is 0.343 e. The van der Waals surface area contributed by atoms with E-state index in [1.165, 1.54) is 10.7 Å². The summed E-state index contributed by atoms with van der Waals surface area (Å²) in [5.41, 5.74) is 1.92. The van der Waals surface area contributed by atoms with Crippen LogP contribution in [0, 0.1) is 13.8 Å². The lowest BCUT2D eigenvalue weighted by Crippen LogP contribution is -2.20. The van der Waals surface area contributed by atoms with Crippen molar-refractivity contribution in [2.75, 3.05) is 0 Å². The molecule has 3 aromatic rings. The number of fused-ring (bicyclic) bond motifs is 1. The number of aromatic amines is 2. The highest BCUT2D eigenvalue weighted by atomic mass is 16.1. The second-order valence-electron chi connectivity index (χ2n) is 5.70. The van der Waals surface area contributed by atoms with Gasteiger partial charge < -0.3 is 4.98 Å². The topological polar surface area (TPSA) is 96.4 Å². The number of nitrogens with one attached hydrogen (secondary N) is 2. The van der Waals surface area contributed by atoms with E-state index < -0.39 is 5.56 Å². The molecule has 22 heavy (non-hydrogen) atoms. The minimum atomic E-state index is -0.448. The molecule has 3 rings (SSSR count). The Morgan fingerprint density at radius 3 is 2.32 bits per heavy atom. The summed E-state index contributed by atoms with van der Waals surface area (Å²) < 4.78 is 1.20. The first kappa shape index (κ1) is 14.2. The van der Waals surface area contributed by atoms with Crippen LogP contribution in [0.3, 0.4) is 0 Å². The SMILES string of the molecule is Cc1cc(C)nc(-n2[nH]c3[nH]c(C(C)C)cc(=O)c3c2=O)n1. The van der Waals surface area contributed by atoms with Crippen molar-refractivity contribution in [3.05, 3.63) is 49.8 Å². The second-order valence-corrected chi connectivity index (χ2v) is 5.70. The highest BCUT2D eigenvalue weighted by Gasteiger charge is 2.16. The summed E-state index contributed by atoms with van der Waals surface area (Å²) >= 11 is 0. The Balaban J connectivity index is 2.32. The third-order valence-electron chi connectivity index (χ3n) is 3.49. The molecule has 114 valence electrons. The molecule has 0 aromatic carbocycles. The predicted molar refractivity (Wildman–Crippen MR) is 83.7 cm³/mol. The van der Waals surface area contributed by atoms with E-state index >= 15 is 0 Å². The molecule has 0 unspecified atom stereocenters. The number of pyridine rings is 1. The summed E-state index contributed by atoms with van der Waals surface area (Å²) in [7, 11) is 0. The highest BCUT2D eigenvalue weighted by Crippen LogP contribution is 2.12. The number of H-pyrrole nitrogens is 2. The minimum absolute atomic E-state index is 0.0900. The first-order valence-corrected chi connectivity index (χ1v) is 7.07. The summed E-state index contributed by atoms with van der Waals surface area (Å²) in [6.07, 6.45) is 0.